The lowest BCUT2D eigenvalue weighted by Gasteiger charge is -2.25. The molecule has 1 saturated heterocycles. The molecule has 1 fully saturated rings. The first-order valence-corrected chi connectivity index (χ1v) is 5.17. The lowest BCUT2D eigenvalue weighted by molar-refractivity contribution is -0.195. The molecule has 4 heteroatoms. The molecule has 4 nitrogen and oxygen atoms in total. The van der Waals surface area contributed by atoms with Gasteiger partial charge in [0.15, 0.2) is 0 Å². The molecule has 0 aromatic carbocycles. The second-order valence-corrected chi connectivity index (χ2v) is 4.13. The van der Waals surface area contributed by atoms with Crippen molar-refractivity contribution in [1.82, 2.24) is 9.96 Å². The number of amides is 1. The van der Waals surface area contributed by atoms with Crippen molar-refractivity contribution in [2.24, 2.45) is 0 Å². The first kappa shape index (κ1) is 11.5. The van der Waals surface area contributed by atoms with Gasteiger partial charge in [0.2, 0.25) is 0 Å². The van der Waals surface area contributed by atoms with Crippen molar-refractivity contribution < 1.29 is 9.63 Å². The lowest BCUT2D eigenvalue weighted by Crippen LogP contribution is -2.43. The van der Waals surface area contributed by atoms with Gasteiger partial charge in [0.1, 0.15) is 0 Å². The Morgan fingerprint density at radius 3 is 2.64 bits per heavy atom. The Morgan fingerprint density at radius 2 is 2.21 bits per heavy atom. The predicted octanol–water partition coefficient (Wildman–Crippen LogP) is 0.879. The van der Waals surface area contributed by atoms with Crippen LogP contribution >= 0.6 is 0 Å². The van der Waals surface area contributed by atoms with Crippen molar-refractivity contribution in [3.8, 4) is 0 Å². The maximum Gasteiger partial charge on any atom is 0.263 e. The molecule has 0 N–H and O–H groups in total. The van der Waals surface area contributed by atoms with Gasteiger partial charge < -0.3 is 0 Å². The predicted molar refractivity (Wildman–Crippen MR) is 54.6 cm³/mol. The second-order valence-electron chi connectivity index (χ2n) is 4.13. The maximum atomic E-state index is 11.9. The highest BCUT2D eigenvalue weighted by Crippen LogP contribution is 2.16. The van der Waals surface area contributed by atoms with Crippen LogP contribution in [0.15, 0.2) is 0 Å². The van der Waals surface area contributed by atoms with Crippen molar-refractivity contribution >= 4 is 5.91 Å². The van der Waals surface area contributed by atoms with Crippen LogP contribution < -0.4 is 0 Å². The van der Waals surface area contributed by atoms with E-state index >= 15 is 0 Å². The summed E-state index contributed by atoms with van der Waals surface area (Å²) in [4.78, 5) is 19.3. The van der Waals surface area contributed by atoms with Gasteiger partial charge in [0.25, 0.3) is 5.91 Å². The number of hydrogen-bond donors (Lipinski definition) is 0. The number of carbonyl (C=O) groups excluding carboxylic acids is 1. The number of hydrogen-bond acceptors (Lipinski definition) is 3. The van der Waals surface area contributed by atoms with Crippen LogP contribution in [0.5, 0.6) is 0 Å². The Labute approximate surface area is 85.8 Å². The summed E-state index contributed by atoms with van der Waals surface area (Å²) in [5.74, 6) is 0.0682. The highest BCUT2D eigenvalue weighted by atomic mass is 16.7. The van der Waals surface area contributed by atoms with Gasteiger partial charge in [-0.2, -0.15) is 0 Å². The standard InChI is InChI=1S/C10H20N2O2/c1-8(2)14-12(4)10(13)9-6-5-7-11(9)3/h8-9H,5-7H2,1-4H3/t9-/m0/s1. The Bertz CT molecular complexity index is 206. The molecule has 0 aromatic rings. The summed E-state index contributed by atoms with van der Waals surface area (Å²) >= 11 is 0. The summed E-state index contributed by atoms with van der Waals surface area (Å²) in [7, 11) is 3.67. The average Bonchev–Trinajstić information content (AvgIpc) is 2.48. The van der Waals surface area contributed by atoms with Crippen molar-refractivity contribution in [1.29, 1.82) is 0 Å². The van der Waals surface area contributed by atoms with Gasteiger partial charge in [-0.05, 0) is 40.3 Å². The van der Waals surface area contributed by atoms with Gasteiger partial charge in [-0.15, -0.1) is 0 Å². The summed E-state index contributed by atoms with van der Waals surface area (Å²) in [5.41, 5.74) is 0. The zero-order chi connectivity index (χ0) is 10.7. The summed E-state index contributed by atoms with van der Waals surface area (Å²) in [6.45, 7) is 4.84. The number of hydroxylamine groups is 2. The van der Waals surface area contributed by atoms with Crippen LogP contribution in [0.1, 0.15) is 26.7 Å². The monoisotopic (exact) mass is 200 g/mol. The Morgan fingerprint density at radius 1 is 1.57 bits per heavy atom. The Hall–Kier alpha value is -0.610. The van der Waals surface area contributed by atoms with E-state index in [-0.39, 0.29) is 18.1 Å². The number of rotatable bonds is 3. The van der Waals surface area contributed by atoms with Gasteiger partial charge >= 0.3 is 0 Å². The van der Waals surface area contributed by atoms with Crippen LogP contribution in [0, 0.1) is 0 Å². The van der Waals surface area contributed by atoms with E-state index in [0.29, 0.717) is 0 Å². The molecule has 0 aromatic heterocycles. The number of nitrogens with zero attached hydrogens (tertiary/aromatic N) is 2. The average molecular weight is 200 g/mol. The molecule has 1 amide bonds. The quantitative estimate of drug-likeness (QED) is 0.634. The molecular weight excluding hydrogens is 180 g/mol. The number of likely N-dealkylation sites (tertiary alicyclic amines) is 1. The van der Waals surface area contributed by atoms with E-state index in [4.69, 9.17) is 4.84 Å². The van der Waals surface area contributed by atoms with Crippen molar-refractivity contribution in [2.75, 3.05) is 20.6 Å². The summed E-state index contributed by atoms with van der Waals surface area (Å²) < 4.78 is 0. The van der Waals surface area contributed by atoms with Crippen molar-refractivity contribution in [2.45, 2.75) is 38.8 Å². The molecule has 0 aliphatic carbocycles. The first-order chi connectivity index (χ1) is 6.52. The second kappa shape index (κ2) is 4.75. The number of carbonyl (C=O) groups is 1. The van der Waals surface area contributed by atoms with Crippen LogP contribution in [-0.4, -0.2) is 48.7 Å². The van der Waals surface area contributed by atoms with Crippen LogP contribution in [0.25, 0.3) is 0 Å². The third kappa shape index (κ3) is 2.69. The lowest BCUT2D eigenvalue weighted by atomic mass is 10.2. The van der Waals surface area contributed by atoms with Gasteiger partial charge in [-0.3, -0.25) is 14.5 Å². The fraction of sp³-hybridized carbons (Fsp3) is 0.900. The van der Waals surface area contributed by atoms with E-state index in [0.717, 1.165) is 19.4 Å². The van der Waals surface area contributed by atoms with Crippen LogP contribution in [0.3, 0.4) is 0 Å². The Balaban J connectivity index is 2.47. The highest BCUT2D eigenvalue weighted by Gasteiger charge is 2.30. The zero-order valence-corrected chi connectivity index (χ0v) is 9.49. The van der Waals surface area contributed by atoms with E-state index in [9.17, 15) is 4.79 Å². The van der Waals surface area contributed by atoms with Gasteiger partial charge in [-0.1, -0.05) is 0 Å². The maximum absolute atomic E-state index is 11.9. The minimum atomic E-state index is 0.0127. The summed E-state index contributed by atoms with van der Waals surface area (Å²) in [5, 5.41) is 1.37. The van der Waals surface area contributed by atoms with E-state index in [2.05, 4.69) is 4.90 Å². The fourth-order valence-electron chi connectivity index (χ4n) is 1.80. The topological polar surface area (TPSA) is 32.8 Å². The van der Waals surface area contributed by atoms with Crippen molar-refractivity contribution in [3.63, 3.8) is 0 Å². The van der Waals surface area contributed by atoms with E-state index in [1.807, 2.05) is 20.9 Å². The summed E-state index contributed by atoms with van der Waals surface area (Å²) in [6, 6.07) is 0.0127. The molecule has 14 heavy (non-hydrogen) atoms. The Kier molecular flexibility index (Phi) is 3.89. The van der Waals surface area contributed by atoms with E-state index in [1.165, 1.54) is 5.06 Å². The zero-order valence-electron chi connectivity index (χ0n) is 9.49. The SMILES string of the molecule is CC(C)ON(C)C(=O)[C@@H]1CCCN1C. The molecule has 1 atom stereocenters. The molecule has 1 aliphatic heterocycles. The molecular formula is C10H20N2O2. The molecule has 1 aliphatic rings. The molecule has 0 unspecified atom stereocenters. The molecule has 0 radical (unpaired) electrons. The van der Waals surface area contributed by atoms with Gasteiger partial charge in [-0.25, -0.2) is 5.06 Å². The smallest absolute Gasteiger partial charge is 0.263 e. The molecule has 0 spiro atoms. The molecule has 0 bridgehead atoms. The molecule has 1 rings (SSSR count). The van der Waals surface area contributed by atoms with Gasteiger partial charge in [0, 0.05) is 7.05 Å². The highest BCUT2D eigenvalue weighted by molar-refractivity contribution is 5.80. The summed E-state index contributed by atoms with van der Waals surface area (Å²) in [6.07, 6.45) is 2.10. The first-order valence-electron chi connectivity index (χ1n) is 5.17. The number of likely N-dealkylation sites (N-methyl/N-ethyl adjacent to an activating group) is 2. The van der Waals surface area contributed by atoms with E-state index < -0.39 is 0 Å². The molecule has 0 saturated carbocycles. The van der Waals surface area contributed by atoms with Gasteiger partial charge in [0.05, 0.1) is 12.1 Å². The van der Waals surface area contributed by atoms with Crippen LogP contribution in [0.2, 0.25) is 0 Å². The largest absolute Gasteiger partial charge is 0.295 e. The molecule has 82 valence electrons. The fourth-order valence-corrected chi connectivity index (χ4v) is 1.80. The normalized spacial score (nSPS) is 23.1. The third-order valence-electron chi connectivity index (χ3n) is 2.48. The minimum Gasteiger partial charge on any atom is -0.295 e. The van der Waals surface area contributed by atoms with E-state index in [1.54, 1.807) is 7.05 Å². The van der Waals surface area contributed by atoms with Crippen molar-refractivity contribution in [3.05, 3.63) is 0 Å². The minimum absolute atomic E-state index is 0.0127. The third-order valence-corrected chi connectivity index (χ3v) is 2.48. The molecule has 1 heterocycles. The van der Waals surface area contributed by atoms with Crippen LogP contribution in [-0.2, 0) is 9.63 Å². The van der Waals surface area contributed by atoms with Crippen LogP contribution in [0.4, 0.5) is 0 Å².